The van der Waals surface area contributed by atoms with E-state index in [9.17, 15) is 0 Å². The molecule has 0 radical (unpaired) electrons. The average molecular weight is 285 g/mol. The highest BCUT2D eigenvalue weighted by Crippen LogP contribution is 2.28. The van der Waals surface area contributed by atoms with Crippen molar-refractivity contribution in [1.82, 2.24) is 10.2 Å². The summed E-state index contributed by atoms with van der Waals surface area (Å²) in [6.07, 6.45) is 4.15. The molecule has 0 aromatic rings. The highest BCUT2D eigenvalue weighted by Gasteiger charge is 2.34. The molecule has 1 N–H and O–H groups in total. The monoisotopic (exact) mass is 284 g/mol. The van der Waals surface area contributed by atoms with E-state index >= 15 is 0 Å². The molecule has 112 valence electrons. The van der Waals surface area contributed by atoms with Crippen LogP contribution in [0.15, 0.2) is 0 Å². The van der Waals surface area contributed by atoms with Crippen molar-refractivity contribution in [3.8, 4) is 0 Å². The number of hydrogen-bond donors (Lipinski definition) is 1. The van der Waals surface area contributed by atoms with Crippen molar-refractivity contribution in [2.75, 3.05) is 31.1 Å². The lowest BCUT2D eigenvalue weighted by Gasteiger charge is -2.46. The second kappa shape index (κ2) is 6.82. The van der Waals surface area contributed by atoms with Gasteiger partial charge in [0.1, 0.15) is 0 Å². The Bertz CT molecular complexity index is 268. The third-order valence-corrected chi connectivity index (χ3v) is 5.93. The molecular weight excluding hydrogens is 252 g/mol. The fraction of sp³-hybridized carbons (Fsp3) is 1.00. The summed E-state index contributed by atoms with van der Waals surface area (Å²) in [5.41, 5.74) is 0.374. The molecule has 19 heavy (non-hydrogen) atoms. The van der Waals surface area contributed by atoms with Crippen LogP contribution in [0.3, 0.4) is 0 Å². The zero-order valence-corrected chi connectivity index (χ0v) is 14.1. The molecule has 2 rings (SSSR count). The Morgan fingerprint density at radius 3 is 2.47 bits per heavy atom. The molecule has 2 unspecified atom stereocenters. The van der Waals surface area contributed by atoms with Crippen LogP contribution in [-0.2, 0) is 0 Å². The van der Waals surface area contributed by atoms with Gasteiger partial charge < -0.3 is 5.32 Å². The van der Waals surface area contributed by atoms with Crippen molar-refractivity contribution >= 4 is 11.8 Å². The molecule has 0 aromatic carbocycles. The first kappa shape index (κ1) is 15.7. The Kier molecular flexibility index (Phi) is 5.62. The van der Waals surface area contributed by atoms with Gasteiger partial charge in [-0.05, 0) is 42.1 Å². The van der Waals surface area contributed by atoms with Crippen LogP contribution in [0.2, 0.25) is 0 Å². The fourth-order valence-electron chi connectivity index (χ4n) is 3.32. The summed E-state index contributed by atoms with van der Waals surface area (Å²) in [5, 5.41) is 3.78. The van der Waals surface area contributed by atoms with Gasteiger partial charge >= 0.3 is 0 Å². The Balaban J connectivity index is 1.93. The molecule has 2 atom stereocenters. The molecule has 0 spiro atoms. The third-order valence-electron chi connectivity index (χ3n) is 4.88. The molecular formula is C16H32N2S. The van der Waals surface area contributed by atoms with E-state index in [0.29, 0.717) is 11.5 Å². The summed E-state index contributed by atoms with van der Waals surface area (Å²) in [7, 11) is 0. The number of nitrogens with one attached hydrogen (secondary N) is 1. The lowest BCUT2D eigenvalue weighted by atomic mass is 9.84. The number of thioether (sulfide) groups is 1. The minimum Gasteiger partial charge on any atom is -0.311 e. The second-order valence-corrected chi connectivity index (χ2v) is 8.62. The molecule has 3 heteroatoms. The van der Waals surface area contributed by atoms with Crippen molar-refractivity contribution in [2.45, 2.75) is 59.0 Å². The highest BCUT2D eigenvalue weighted by molar-refractivity contribution is 7.99. The zero-order chi connectivity index (χ0) is 13.9. The fourth-order valence-corrected chi connectivity index (χ4v) is 4.53. The van der Waals surface area contributed by atoms with Gasteiger partial charge in [0.05, 0.1) is 0 Å². The minimum absolute atomic E-state index is 0.374. The van der Waals surface area contributed by atoms with Crippen molar-refractivity contribution in [3.63, 3.8) is 0 Å². The van der Waals surface area contributed by atoms with Crippen molar-refractivity contribution in [2.24, 2.45) is 11.3 Å². The molecule has 2 aliphatic heterocycles. The summed E-state index contributed by atoms with van der Waals surface area (Å²) in [4.78, 5) is 2.80. The van der Waals surface area contributed by atoms with E-state index in [0.717, 1.165) is 12.0 Å². The molecule has 2 fully saturated rings. The smallest absolute Gasteiger partial charge is 0.0244 e. The van der Waals surface area contributed by atoms with Gasteiger partial charge in [0.2, 0.25) is 0 Å². The second-order valence-electron chi connectivity index (χ2n) is 7.40. The van der Waals surface area contributed by atoms with Crippen LogP contribution in [0.4, 0.5) is 0 Å². The van der Waals surface area contributed by atoms with Crippen LogP contribution >= 0.6 is 11.8 Å². The number of rotatable bonds is 3. The first-order valence-corrected chi connectivity index (χ1v) is 9.21. The molecule has 2 aliphatic rings. The van der Waals surface area contributed by atoms with Crippen LogP contribution in [0.5, 0.6) is 0 Å². The van der Waals surface area contributed by atoms with Crippen molar-refractivity contribution < 1.29 is 0 Å². The van der Waals surface area contributed by atoms with E-state index in [2.05, 4.69) is 49.7 Å². The maximum absolute atomic E-state index is 3.78. The molecule has 2 saturated heterocycles. The molecule has 2 nitrogen and oxygen atoms in total. The lowest BCUT2D eigenvalue weighted by molar-refractivity contribution is 0.0686. The molecule has 0 aliphatic carbocycles. The number of piperazine rings is 1. The maximum atomic E-state index is 3.78. The van der Waals surface area contributed by atoms with Gasteiger partial charge in [-0.1, -0.05) is 27.7 Å². The van der Waals surface area contributed by atoms with Gasteiger partial charge in [0, 0.05) is 31.7 Å². The first-order valence-electron chi connectivity index (χ1n) is 8.06. The minimum atomic E-state index is 0.374. The van der Waals surface area contributed by atoms with E-state index in [1.165, 1.54) is 50.4 Å². The third kappa shape index (κ3) is 4.37. The summed E-state index contributed by atoms with van der Waals surface area (Å²) < 4.78 is 0. The van der Waals surface area contributed by atoms with Gasteiger partial charge in [-0.15, -0.1) is 0 Å². The van der Waals surface area contributed by atoms with Gasteiger partial charge in [-0.25, -0.2) is 0 Å². The summed E-state index contributed by atoms with van der Waals surface area (Å²) in [5.74, 6) is 3.72. The predicted octanol–water partition coefficient (Wildman–Crippen LogP) is 3.23. The normalized spacial score (nSPS) is 31.6. The molecule has 0 saturated carbocycles. The quantitative estimate of drug-likeness (QED) is 0.856. The van der Waals surface area contributed by atoms with Gasteiger partial charge in [-0.3, -0.25) is 4.90 Å². The summed E-state index contributed by atoms with van der Waals surface area (Å²) in [6.45, 7) is 13.2. The Hall–Kier alpha value is 0.270. The van der Waals surface area contributed by atoms with E-state index in [1.54, 1.807) is 0 Å². The standard InChI is InChI=1S/C16H32N2S/c1-5-14-10-17-15(16(2,3)4)12-18(14)11-13-6-8-19-9-7-13/h13-15,17H,5-12H2,1-4H3. The Morgan fingerprint density at radius 2 is 1.89 bits per heavy atom. The van der Waals surface area contributed by atoms with Gasteiger partial charge in [-0.2, -0.15) is 11.8 Å². The Labute approximate surface area is 124 Å². The SMILES string of the molecule is CCC1CNC(C(C)(C)C)CN1CC1CCSCC1. The van der Waals surface area contributed by atoms with Gasteiger partial charge in [0.25, 0.3) is 0 Å². The number of nitrogens with zero attached hydrogens (tertiary/aromatic N) is 1. The van der Waals surface area contributed by atoms with Crippen LogP contribution in [0.1, 0.15) is 47.0 Å². The predicted molar refractivity (Wildman–Crippen MR) is 86.9 cm³/mol. The maximum Gasteiger partial charge on any atom is 0.0244 e. The molecule has 0 aromatic heterocycles. The van der Waals surface area contributed by atoms with Crippen molar-refractivity contribution in [1.29, 1.82) is 0 Å². The van der Waals surface area contributed by atoms with E-state index < -0.39 is 0 Å². The van der Waals surface area contributed by atoms with Gasteiger partial charge in [0.15, 0.2) is 0 Å². The topological polar surface area (TPSA) is 15.3 Å². The summed E-state index contributed by atoms with van der Waals surface area (Å²) >= 11 is 2.14. The first-order chi connectivity index (χ1) is 9.00. The molecule has 0 bridgehead atoms. The number of hydrogen-bond acceptors (Lipinski definition) is 3. The Morgan fingerprint density at radius 1 is 1.21 bits per heavy atom. The largest absolute Gasteiger partial charge is 0.311 e. The molecule has 2 heterocycles. The van der Waals surface area contributed by atoms with Crippen LogP contribution in [0, 0.1) is 11.3 Å². The van der Waals surface area contributed by atoms with E-state index in [4.69, 9.17) is 0 Å². The lowest BCUT2D eigenvalue weighted by Crippen LogP contribution is -2.60. The summed E-state index contributed by atoms with van der Waals surface area (Å²) in [6, 6.07) is 1.40. The zero-order valence-electron chi connectivity index (χ0n) is 13.2. The van der Waals surface area contributed by atoms with E-state index in [1.807, 2.05) is 0 Å². The average Bonchev–Trinajstić information content (AvgIpc) is 2.39. The van der Waals surface area contributed by atoms with Crippen LogP contribution in [-0.4, -0.2) is 48.1 Å². The van der Waals surface area contributed by atoms with Crippen LogP contribution < -0.4 is 5.32 Å². The van der Waals surface area contributed by atoms with Crippen molar-refractivity contribution in [3.05, 3.63) is 0 Å². The van der Waals surface area contributed by atoms with E-state index in [-0.39, 0.29) is 0 Å². The highest BCUT2D eigenvalue weighted by atomic mass is 32.2. The van der Waals surface area contributed by atoms with Crippen LogP contribution in [0.25, 0.3) is 0 Å². The molecule has 0 amide bonds.